The topological polar surface area (TPSA) is 94.6 Å². The van der Waals surface area contributed by atoms with E-state index in [-0.39, 0.29) is 23.4 Å². The normalized spacial score (nSPS) is 20.7. The van der Waals surface area contributed by atoms with Crippen molar-refractivity contribution in [1.29, 1.82) is 0 Å². The molecule has 8 heteroatoms. The highest BCUT2D eigenvalue weighted by atomic mass is 16.2. The van der Waals surface area contributed by atoms with E-state index in [0.717, 1.165) is 5.56 Å². The zero-order chi connectivity index (χ0) is 20.8. The molecule has 0 radical (unpaired) electrons. The summed E-state index contributed by atoms with van der Waals surface area (Å²) in [5, 5.41) is 5.69. The number of hydrogen-bond donors (Lipinski definition) is 2. The van der Waals surface area contributed by atoms with E-state index in [4.69, 9.17) is 0 Å². The van der Waals surface area contributed by atoms with E-state index in [0.29, 0.717) is 44.8 Å². The van der Waals surface area contributed by atoms with Crippen molar-refractivity contribution in [2.45, 2.75) is 12.0 Å². The number of aromatic nitrogens is 1. The summed E-state index contributed by atoms with van der Waals surface area (Å²) in [7, 11) is 0. The molecule has 4 amide bonds. The van der Waals surface area contributed by atoms with Gasteiger partial charge < -0.3 is 20.4 Å². The molecule has 3 fully saturated rings. The second-order valence-electron chi connectivity index (χ2n) is 8.57. The molecule has 0 bridgehead atoms. The van der Waals surface area contributed by atoms with Gasteiger partial charge in [0.05, 0.1) is 11.0 Å². The Bertz CT molecular complexity index is 982. The fourth-order valence-electron chi connectivity index (χ4n) is 4.72. The lowest BCUT2D eigenvalue weighted by Gasteiger charge is -2.55. The lowest BCUT2D eigenvalue weighted by molar-refractivity contribution is -0.158. The van der Waals surface area contributed by atoms with Crippen LogP contribution in [0.4, 0.5) is 4.79 Å². The molecule has 5 rings (SSSR count). The van der Waals surface area contributed by atoms with Crippen LogP contribution in [0.15, 0.2) is 54.7 Å². The number of carbonyl (C=O) groups is 3. The van der Waals surface area contributed by atoms with Gasteiger partial charge in [-0.2, -0.15) is 0 Å². The van der Waals surface area contributed by atoms with Crippen LogP contribution in [0.25, 0.3) is 0 Å². The van der Waals surface area contributed by atoms with Crippen molar-refractivity contribution in [2.75, 3.05) is 32.7 Å². The first-order valence-electron chi connectivity index (χ1n) is 10.1. The minimum absolute atomic E-state index is 0.0446. The van der Waals surface area contributed by atoms with E-state index in [9.17, 15) is 14.4 Å². The van der Waals surface area contributed by atoms with Gasteiger partial charge in [0.25, 0.3) is 5.91 Å². The number of benzene rings is 1. The molecule has 2 aromatic rings. The largest absolute Gasteiger partial charge is 0.337 e. The van der Waals surface area contributed by atoms with E-state index in [1.54, 1.807) is 34.2 Å². The Morgan fingerprint density at radius 3 is 2.33 bits per heavy atom. The minimum Gasteiger partial charge on any atom is -0.337 e. The second-order valence-corrected chi connectivity index (χ2v) is 8.57. The van der Waals surface area contributed by atoms with Crippen molar-refractivity contribution in [1.82, 2.24) is 25.4 Å². The minimum atomic E-state index is -0.649. The summed E-state index contributed by atoms with van der Waals surface area (Å²) in [5.41, 5.74) is 0.458. The van der Waals surface area contributed by atoms with Crippen molar-refractivity contribution < 1.29 is 14.4 Å². The molecule has 0 unspecified atom stereocenters. The maximum absolute atomic E-state index is 13.5. The van der Waals surface area contributed by atoms with Crippen LogP contribution in [0.3, 0.4) is 0 Å². The van der Waals surface area contributed by atoms with Crippen molar-refractivity contribution >= 4 is 17.8 Å². The molecular weight excluding hydrogens is 382 g/mol. The van der Waals surface area contributed by atoms with Gasteiger partial charge in [-0.25, -0.2) is 4.79 Å². The Morgan fingerprint density at radius 1 is 0.967 bits per heavy atom. The van der Waals surface area contributed by atoms with Crippen molar-refractivity contribution in [3.8, 4) is 0 Å². The third kappa shape index (κ3) is 3.08. The second kappa shape index (κ2) is 6.83. The van der Waals surface area contributed by atoms with Gasteiger partial charge in [0.1, 0.15) is 5.69 Å². The third-order valence-corrected chi connectivity index (χ3v) is 6.24. The molecule has 154 valence electrons. The smallest absolute Gasteiger partial charge is 0.315 e. The van der Waals surface area contributed by atoms with Gasteiger partial charge in [0, 0.05) is 38.9 Å². The van der Waals surface area contributed by atoms with Crippen LogP contribution in [0.2, 0.25) is 0 Å². The van der Waals surface area contributed by atoms with Crippen LogP contribution in [0, 0.1) is 5.41 Å². The number of amides is 4. The standard InChI is InChI=1S/C22H23N5O3/c28-18(17-8-4-5-9-23-17)26-12-21(13-26,10-16-6-2-1-3-7-16)19(29)27-14-22(15-27)11-24-20(30)25-22/h1-9H,10-15H2,(H2,24,25,30). The molecule has 3 saturated heterocycles. The average Bonchev–Trinajstić information content (AvgIpc) is 3.12. The highest BCUT2D eigenvalue weighted by Crippen LogP contribution is 2.39. The van der Waals surface area contributed by atoms with Gasteiger partial charge in [0.15, 0.2) is 0 Å². The third-order valence-electron chi connectivity index (χ3n) is 6.24. The first kappa shape index (κ1) is 18.6. The fraction of sp³-hybridized carbons (Fsp3) is 0.364. The van der Waals surface area contributed by atoms with Crippen molar-refractivity contribution in [3.05, 3.63) is 66.0 Å². The molecular formula is C22H23N5O3. The molecule has 0 atom stereocenters. The highest BCUT2D eigenvalue weighted by molar-refractivity contribution is 5.96. The van der Waals surface area contributed by atoms with Gasteiger partial charge in [-0.3, -0.25) is 14.6 Å². The number of hydrogen-bond acceptors (Lipinski definition) is 4. The fourth-order valence-corrected chi connectivity index (χ4v) is 4.72. The number of urea groups is 1. The quantitative estimate of drug-likeness (QED) is 0.781. The number of likely N-dealkylation sites (tertiary alicyclic amines) is 2. The predicted molar refractivity (Wildman–Crippen MR) is 109 cm³/mol. The molecule has 0 aliphatic carbocycles. The van der Waals surface area contributed by atoms with Gasteiger partial charge in [-0.15, -0.1) is 0 Å². The van der Waals surface area contributed by atoms with E-state index >= 15 is 0 Å². The van der Waals surface area contributed by atoms with E-state index in [1.807, 2.05) is 30.3 Å². The molecule has 8 nitrogen and oxygen atoms in total. The average molecular weight is 405 g/mol. The van der Waals surface area contributed by atoms with E-state index < -0.39 is 5.41 Å². The van der Waals surface area contributed by atoms with Gasteiger partial charge >= 0.3 is 6.03 Å². The Balaban J connectivity index is 1.32. The van der Waals surface area contributed by atoms with Crippen molar-refractivity contribution in [2.24, 2.45) is 5.41 Å². The Kier molecular flexibility index (Phi) is 4.23. The SMILES string of the molecule is O=C1NCC2(CN(C(=O)C3(Cc4ccccc4)CN(C(=O)c4ccccn4)C3)C2)N1. The van der Waals surface area contributed by atoms with Crippen LogP contribution in [-0.4, -0.2) is 70.9 Å². The summed E-state index contributed by atoms with van der Waals surface area (Å²) in [4.78, 5) is 45.4. The molecule has 4 heterocycles. The van der Waals surface area contributed by atoms with Crippen LogP contribution >= 0.6 is 0 Å². The maximum Gasteiger partial charge on any atom is 0.315 e. The first-order chi connectivity index (χ1) is 14.5. The number of nitrogens with zero attached hydrogens (tertiary/aromatic N) is 3. The monoisotopic (exact) mass is 405 g/mol. The molecule has 2 N–H and O–H groups in total. The zero-order valence-electron chi connectivity index (χ0n) is 16.5. The molecule has 1 spiro atoms. The molecule has 3 aliphatic rings. The predicted octanol–water partition coefficient (Wildman–Crippen LogP) is 0.660. The Morgan fingerprint density at radius 2 is 1.70 bits per heavy atom. The van der Waals surface area contributed by atoms with E-state index in [1.165, 1.54) is 0 Å². The van der Waals surface area contributed by atoms with Crippen molar-refractivity contribution in [3.63, 3.8) is 0 Å². The van der Waals surface area contributed by atoms with Gasteiger partial charge in [-0.05, 0) is 24.1 Å². The highest BCUT2D eigenvalue weighted by Gasteiger charge is 2.58. The number of pyridine rings is 1. The first-order valence-corrected chi connectivity index (χ1v) is 10.1. The van der Waals surface area contributed by atoms with Gasteiger partial charge in [-0.1, -0.05) is 36.4 Å². The van der Waals surface area contributed by atoms with E-state index in [2.05, 4.69) is 15.6 Å². The lowest BCUT2D eigenvalue weighted by atomic mass is 9.72. The summed E-state index contributed by atoms with van der Waals surface area (Å²) in [6, 6.07) is 15.0. The van der Waals surface area contributed by atoms with Crippen LogP contribution < -0.4 is 10.6 Å². The molecule has 30 heavy (non-hydrogen) atoms. The molecule has 1 aromatic heterocycles. The number of carbonyl (C=O) groups excluding carboxylic acids is 3. The zero-order valence-corrected chi connectivity index (χ0v) is 16.5. The molecule has 0 saturated carbocycles. The summed E-state index contributed by atoms with van der Waals surface area (Å²) < 4.78 is 0. The Hall–Kier alpha value is -3.42. The van der Waals surface area contributed by atoms with Gasteiger partial charge in [0.2, 0.25) is 5.91 Å². The summed E-state index contributed by atoms with van der Waals surface area (Å²) in [5.74, 6) is -0.109. The van der Waals surface area contributed by atoms with Crippen LogP contribution in [0.1, 0.15) is 16.1 Å². The summed E-state index contributed by atoms with van der Waals surface area (Å²) in [6.45, 7) is 2.25. The number of nitrogens with one attached hydrogen (secondary N) is 2. The lowest BCUT2D eigenvalue weighted by Crippen LogP contribution is -2.75. The number of rotatable bonds is 4. The molecule has 3 aliphatic heterocycles. The maximum atomic E-state index is 13.5. The summed E-state index contributed by atoms with van der Waals surface area (Å²) >= 11 is 0. The Labute approximate surface area is 174 Å². The van der Waals surface area contributed by atoms with Crippen LogP contribution in [0.5, 0.6) is 0 Å². The van der Waals surface area contributed by atoms with Crippen LogP contribution in [-0.2, 0) is 11.2 Å². The summed E-state index contributed by atoms with van der Waals surface area (Å²) in [6.07, 6.45) is 2.17. The molecule has 1 aromatic carbocycles.